The third-order valence-corrected chi connectivity index (χ3v) is 5.74. The maximum Gasteiger partial charge on any atom is 0.259 e. The Bertz CT molecular complexity index is 810. The number of hydrogen-bond donors (Lipinski definition) is 1. The van der Waals surface area contributed by atoms with E-state index in [0.717, 1.165) is 6.54 Å². The highest BCUT2D eigenvalue weighted by Gasteiger charge is 2.45. The molecule has 4 rings (SSSR count). The number of nitrogens with zero attached hydrogens (tertiary/aromatic N) is 4. The van der Waals surface area contributed by atoms with Crippen LogP contribution in [-0.4, -0.2) is 51.3 Å². The Balaban J connectivity index is 1.51. The van der Waals surface area contributed by atoms with E-state index in [4.69, 9.17) is 4.52 Å². The van der Waals surface area contributed by atoms with Crippen LogP contribution in [0.15, 0.2) is 23.0 Å². The first-order valence-electron chi connectivity index (χ1n) is 9.52. The van der Waals surface area contributed by atoms with Crippen molar-refractivity contribution in [2.24, 2.45) is 5.92 Å². The highest BCUT2D eigenvalue weighted by Crippen LogP contribution is 2.32. The van der Waals surface area contributed by atoms with E-state index in [1.54, 1.807) is 29.6 Å². The number of hydrogen-bond acceptors (Lipinski definition) is 5. The molecular formula is C19H25N5O3. The van der Waals surface area contributed by atoms with Gasteiger partial charge in [0.15, 0.2) is 0 Å². The summed E-state index contributed by atoms with van der Waals surface area (Å²) in [5.41, 5.74) is 0.386. The lowest BCUT2D eigenvalue weighted by Crippen LogP contribution is -2.56. The minimum atomic E-state index is -0.742. The zero-order valence-corrected chi connectivity index (χ0v) is 15.8. The molecule has 2 amide bonds. The minimum absolute atomic E-state index is 0.00235. The molecule has 8 heteroatoms. The van der Waals surface area contributed by atoms with Gasteiger partial charge < -0.3 is 14.7 Å². The smallest absolute Gasteiger partial charge is 0.259 e. The molecule has 0 radical (unpaired) electrons. The number of nitrogens with one attached hydrogen (secondary N) is 1. The van der Waals surface area contributed by atoms with E-state index in [1.165, 1.54) is 12.8 Å². The molecule has 8 nitrogen and oxygen atoms in total. The standard InChI is InChI=1S/C19H25N5O3/c1-13-16(14(2)27-22-13)17(25)23-10-6-19(7-11-23,24-9-3-8-21-24)18(26)20-12-15-4-5-15/h3,8-9,15H,4-7,10-12H2,1-2H3,(H,20,26). The molecule has 1 aliphatic carbocycles. The van der Waals surface area contributed by atoms with Crippen LogP contribution in [0, 0.1) is 19.8 Å². The Labute approximate surface area is 157 Å². The summed E-state index contributed by atoms with van der Waals surface area (Å²) in [5.74, 6) is 1.06. The van der Waals surface area contributed by atoms with Crippen LogP contribution in [-0.2, 0) is 10.3 Å². The summed E-state index contributed by atoms with van der Waals surface area (Å²) >= 11 is 0. The third kappa shape index (κ3) is 3.24. The highest BCUT2D eigenvalue weighted by atomic mass is 16.5. The van der Waals surface area contributed by atoms with Gasteiger partial charge in [0.2, 0.25) is 5.91 Å². The molecule has 1 aliphatic heterocycles. The second-order valence-electron chi connectivity index (χ2n) is 7.63. The normalized spacial score (nSPS) is 19.1. The maximum atomic E-state index is 13.1. The molecule has 0 bridgehead atoms. The minimum Gasteiger partial charge on any atom is -0.361 e. The monoisotopic (exact) mass is 371 g/mol. The molecule has 1 saturated carbocycles. The number of aryl methyl sites for hydroxylation is 2. The average Bonchev–Trinajstić information content (AvgIpc) is 3.21. The lowest BCUT2D eigenvalue weighted by Gasteiger charge is -2.40. The molecule has 27 heavy (non-hydrogen) atoms. The van der Waals surface area contributed by atoms with Crippen molar-refractivity contribution in [2.75, 3.05) is 19.6 Å². The number of rotatable bonds is 5. The molecule has 2 fully saturated rings. The third-order valence-electron chi connectivity index (χ3n) is 5.74. The molecule has 0 spiro atoms. The van der Waals surface area contributed by atoms with Gasteiger partial charge in [0, 0.05) is 32.0 Å². The zero-order chi connectivity index (χ0) is 19.0. The lowest BCUT2D eigenvalue weighted by molar-refractivity contribution is -0.133. The van der Waals surface area contributed by atoms with Gasteiger partial charge >= 0.3 is 0 Å². The number of carbonyl (C=O) groups excluding carboxylic acids is 2. The first-order chi connectivity index (χ1) is 13.0. The van der Waals surface area contributed by atoms with E-state index < -0.39 is 5.54 Å². The van der Waals surface area contributed by atoms with E-state index in [-0.39, 0.29) is 11.8 Å². The summed E-state index contributed by atoms with van der Waals surface area (Å²) in [6.07, 6.45) is 6.96. The van der Waals surface area contributed by atoms with E-state index in [2.05, 4.69) is 15.6 Å². The van der Waals surface area contributed by atoms with Gasteiger partial charge in [0.25, 0.3) is 5.91 Å². The second kappa shape index (κ2) is 6.83. The Hall–Kier alpha value is -2.64. The summed E-state index contributed by atoms with van der Waals surface area (Å²) in [6.45, 7) is 5.21. The molecular weight excluding hydrogens is 346 g/mol. The van der Waals surface area contributed by atoms with E-state index in [1.807, 2.05) is 12.3 Å². The molecule has 3 heterocycles. The molecule has 0 atom stereocenters. The van der Waals surface area contributed by atoms with E-state index in [0.29, 0.717) is 48.9 Å². The fraction of sp³-hybridized carbons (Fsp3) is 0.579. The molecule has 0 aromatic carbocycles. The highest BCUT2D eigenvalue weighted by molar-refractivity contribution is 5.96. The molecule has 2 aliphatic rings. The van der Waals surface area contributed by atoms with Crippen LogP contribution in [0.1, 0.15) is 47.5 Å². The Kier molecular flexibility index (Phi) is 4.49. The SMILES string of the molecule is Cc1noc(C)c1C(=O)N1CCC(C(=O)NCC2CC2)(n2cccn2)CC1. The van der Waals surface area contributed by atoms with Gasteiger partial charge in [0.1, 0.15) is 16.9 Å². The van der Waals surface area contributed by atoms with Crippen LogP contribution >= 0.6 is 0 Å². The van der Waals surface area contributed by atoms with Gasteiger partial charge in [-0.05, 0) is 51.5 Å². The van der Waals surface area contributed by atoms with Gasteiger partial charge in [-0.3, -0.25) is 14.3 Å². The van der Waals surface area contributed by atoms with Crippen LogP contribution in [0.2, 0.25) is 0 Å². The van der Waals surface area contributed by atoms with Gasteiger partial charge in [-0.15, -0.1) is 0 Å². The van der Waals surface area contributed by atoms with Crippen LogP contribution in [0.25, 0.3) is 0 Å². The summed E-state index contributed by atoms with van der Waals surface area (Å²) in [4.78, 5) is 27.7. The molecule has 2 aromatic heterocycles. The molecule has 0 unspecified atom stereocenters. The topological polar surface area (TPSA) is 93.3 Å². The lowest BCUT2D eigenvalue weighted by atomic mass is 9.86. The van der Waals surface area contributed by atoms with E-state index in [9.17, 15) is 9.59 Å². The second-order valence-corrected chi connectivity index (χ2v) is 7.63. The maximum absolute atomic E-state index is 13.1. The van der Waals surface area contributed by atoms with Crippen LogP contribution in [0.3, 0.4) is 0 Å². The van der Waals surface area contributed by atoms with E-state index >= 15 is 0 Å². The number of amides is 2. The number of piperidine rings is 1. The van der Waals surface area contributed by atoms with Crippen molar-refractivity contribution in [3.05, 3.63) is 35.5 Å². The number of aromatic nitrogens is 3. The molecule has 2 aromatic rings. The largest absolute Gasteiger partial charge is 0.361 e. The fourth-order valence-electron chi connectivity index (χ4n) is 3.83. The van der Waals surface area contributed by atoms with Crippen LogP contribution in [0.5, 0.6) is 0 Å². The molecule has 1 saturated heterocycles. The summed E-state index contributed by atoms with van der Waals surface area (Å²) < 4.78 is 6.89. The van der Waals surface area contributed by atoms with Crippen molar-refractivity contribution < 1.29 is 14.1 Å². The van der Waals surface area contributed by atoms with Crippen molar-refractivity contribution >= 4 is 11.8 Å². The van der Waals surface area contributed by atoms with Crippen molar-refractivity contribution in [3.8, 4) is 0 Å². The summed E-state index contributed by atoms with van der Waals surface area (Å²) in [5, 5.41) is 11.3. The van der Waals surface area contributed by atoms with Crippen molar-refractivity contribution in [3.63, 3.8) is 0 Å². The van der Waals surface area contributed by atoms with Crippen molar-refractivity contribution in [2.45, 2.75) is 45.1 Å². The fourth-order valence-corrected chi connectivity index (χ4v) is 3.83. The van der Waals surface area contributed by atoms with Gasteiger partial charge in [-0.25, -0.2) is 0 Å². The van der Waals surface area contributed by atoms with Gasteiger partial charge in [-0.1, -0.05) is 5.16 Å². The van der Waals surface area contributed by atoms with Crippen LogP contribution in [0.4, 0.5) is 0 Å². The molecule has 144 valence electrons. The van der Waals surface area contributed by atoms with Gasteiger partial charge in [0.05, 0.1) is 5.69 Å². The summed E-state index contributed by atoms with van der Waals surface area (Å²) in [6, 6.07) is 1.83. The van der Waals surface area contributed by atoms with Gasteiger partial charge in [-0.2, -0.15) is 5.10 Å². The molecule has 1 N–H and O–H groups in total. The Morgan fingerprint density at radius 1 is 1.30 bits per heavy atom. The van der Waals surface area contributed by atoms with Crippen molar-refractivity contribution in [1.29, 1.82) is 0 Å². The average molecular weight is 371 g/mol. The Morgan fingerprint density at radius 3 is 2.59 bits per heavy atom. The quantitative estimate of drug-likeness (QED) is 0.862. The van der Waals surface area contributed by atoms with Crippen LogP contribution < -0.4 is 5.32 Å². The first kappa shape index (κ1) is 17.8. The predicted octanol–water partition coefficient (Wildman–Crippen LogP) is 1.65. The van der Waals surface area contributed by atoms with Crippen molar-refractivity contribution in [1.82, 2.24) is 25.2 Å². The summed E-state index contributed by atoms with van der Waals surface area (Å²) in [7, 11) is 0. The number of carbonyl (C=O) groups is 2. The zero-order valence-electron chi connectivity index (χ0n) is 15.8. The predicted molar refractivity (Wildman–Crippen MR) is 97.0 cm³/mol. The number of likely N-dealkylation sites (tertiary alicyclic amines) is 1. The first-order valence-corrected chi connectivity index (χ1v) is 9.52. The Morgan fingerprint density at radius 2 is 2.04 bits per heavy atom.